The lowest BCUT2D eigenvalue weighted by molar-refractivity contribution is 0.477. The second kappa shape index (κ2) is 8.67. The van der Waals surface area contributed by atoms with Gasteiger partial charge in [0.1, 0.15) is 11.4 Å². The first-order chi connectivity index (χ1) is 16.8. The molecule has 0 aliphatic rings. The van der Waals surface area contributed by atoms with Gasteiger partial charge in [-0.15, -0.1) is 0 Å². The average Bonchev–Trinajstić information content (AvgIpc) is 3.29. The zero-order valence-corrected chi connectivity index (χ0v) is 20.8. The molecule has 0 amide bonds. The number of hydrogen-bond donors (Lipinski definition) is 1. The molecule has 1 atom stereocenters. The Bertz CT molecular complexity index is 1590. The number of aryl methyl sites for hydroxylation is 4. The lowest BCUT2D eigenvalue weighted by Gasteiger charge is -2.35. The van der Waals surface area contributed by atoms with Crippen molar-refractivity contribution in [3.8, 4) is 11.1 Å². The summed E-state index contributed by atoms with van der Waals surface area (Å²) in [5.41, 5.74) is 6.67. The number of aromatic nitrogens is 3. The van der Waals surface area contributed by atoms with Gasteiger partial charge in [0.05, 0.1) is 5.52 Å². The van der Waals surface area contributed by atoms with E-state index in [0.717, 1.165) is 44.5 Å². The van der Waals surface area contributed by atoms with E-state index < -0.39 is 5.54 Å². The summed E-state index contributed by atoms with van der Waals surface area (Å²) in [5, 5.41) is 4.64. The Morgan fingerprint density at radius 2 is 1.60 bits per heavy atom. The lowest BCUT2D eigenvalue weighted by atomic mass is 9.80. The molecule has 5 nitrogen and oxygen atoms in total. The molecule has 2 aromatic heterocycles. The van der Waals surface area contributed by atoms with E-state index in [1.807, 2.05) is 39.6 Å². The van der Waals surface area contributed by atoms with E-state index in [4.69, 9.17) is 4.98 Å². The van der Waals surface area contributed by atoms with Gasteiger partial charge in [-0.3, -0.25) is 4.79 Å². The second-order valence-electron chi connectivity index (χ2n) is 9.28. The molecular formula is C30H30N4O. The van der Waals surface area contributed by atoms with Crippen LogP contribution >= 0.6 is 0 Å². The molecule has 35 heavy (non-hydrogen) atoms. The summed E-state index contributed by atoms with van der Waals surface area (Å²) in [6, 6.07) is 25.0. The van der Waals surface area contributed by atoms with E-state index in [2.05, 4.69) is 84.4 Å². The van der Waals surface area contributed by atoms with Gasteiger partial charge in [-0.2, -0.15) is 0 Å². The van der Waals surface area contributed by atoms with Crippen molar-refractivity contribution in [2.24, 2.45) is 14.1 Å². The number of pyridine rings is 1. The topological polar surface area (TPSA) is 51.9 Å². The predicted molar refractivity (Wildman–Crippen MR) is 143 cm³/mol. The molecule has 1 N–H and O–H groups in total. The van der Waals surface area contributed by atoms with Crippen LogP contribution in [0.2, 0.25) is 0 Å². The SMILES string of the molecule is CNC(c1ccc(C)cc1)(c1ccc2c(c1)c(-c1cccc(C)c1)cc(=O)n2C)c1nccn1C. The summed E-state index contributed by atoms with van der Waals surface area (Å²) in [6.07, 6.45) is 3.80. The number of nitrogens with one attached hydrogen (secondary N) is 1. The Hall–Kier alpha value is -3.96. The molecule has 0 aliphatic carbocycles. The average molecular weight is 463 g/mol. The molecule has 0 spiro atoms. The fourth-order valence-electron chi connectivity index (χ4n) is 5.10. The molecule has 1 unspecified atom stereocenters. The normalized spacial score (nSPS) is 13.2. The van der Waals surface area contributed by atoms with Crippen molar-refractivity contribution in [2.75, 3.05) is 7.05 Å². The van der Waals surface area contributed by atoms with E-state index in [1.54, 1.807) is 10.6 Å². The van der Waals surface area contributed by atoms with Gasteiger partial charge in [0.25, 0.3) is 5.56 Å². The number of hydrogen-bond acceptors (Lipinski definition) is 3. The van der Waals surface area contributed by atoms with Gasteiger partial charge in [0.15, 0.2) is 0 Å². The number of rotatable bonds is 5. The molecule has 2 heterocycles. The van der Waals surface area contributed by atoms with Crippen LogP contribution in [-0.2, 0) is 19.6 Å². The fourth-order valence-corrected chi connectivity index (χ4v) is 5.10. The third kappa shape index (κ3) is 3.69. The third-order valence-electron chi connectivity index (χ3n) is 7.02. The highest BCUT2D eigenvalue weighted by molar-refractivity contribution is 5.95. The van der Waals surface area contributed by atoms with Crippen LogP contribution in [0, 0.1) is 13.8 Å². The summed E-state index contributed by atoms with van der Waals surface area (Å²) in [5.74, 6) is 0.894. The zero-order valence-electron chi connectivity index (χ0n) is 20.8. The van der Waals surface area contributed by atoms with Crippen molar-refractivity contribution < 1.29 is 0 Å². The van der Waals surface area contributed by atoms with Crippen molar-refractivity contribution in [1.29, 1.82) is 0 Å². The van der Waals surface area contributed by atoms with Crippen molar-refractivity contribution in [3.63, 3.8) is 0 Å². The molecule has 3 aromatic carbocycles. The van der Waals surface area contributed by atoms with Gasteiger partial charge in [0.2, 0.25) is 0 Å². The summed E-state index contributed by atoms with van der Waals surface area (Å²) in [7, 11) is 5.82. The Balaban J connectivity index is 1.87. The molecule has 5 heteroatoms. The smallest absolute Gasteiger partial charge is 0.251 e. The van der Waals surface area contributed by atoms with Gasteiger partial charge in [-0.25, -0.2) is 4.98 Å². The maximum atomic E-state index is 12.9. The molecular weight excluding hydrogens is 432 g/mol. The summed E-state index contributed by atoms with van der Waals surface area (Å²) in [4.78, 5) is 17.7. The monoisotopic (exact) mass is 462 g/mol. The Kier molecular flexibility index (Phi) is 5.65. The summed E-state index contributed by atoms with van der Waals surface area (Å²) < 4.78 is 3.77. The maximum Gasteiger partial charge on any atom is 0.251 e. The number of benzene rings is 3. The molecule has 0 aliphatic heterocycles. The van der Waals surface area contributed by atoms with Gasteiger partial charge < -0.3 is 14.5 Å². The number of imidazole rings is 1. The molecule has 0 saturated heterocycles. The van der Waals surface area contributed by atoms with Crippen LogP contribution in [0.4, 0.5) is 0 Å². The van der Waals surface area contributed by atoms with Crippen molar-refractivity contribution >= 4 is 10.9 Å². The standard InChI is InChI=1S/C30H30N4O/c1-20-9-11-23(12-10-20)30(31-3,29-32-15-16-33(29)4)24-13-14-27-26(18-24)25(19-28(35)34(27)5)22-8-6-7-21(2)17-22/h6-19,31H,1-5H3. The van der Waals surface area contributed by atoms with Crippen molar-refractivity contribution in [2.45, 2.75) is 19.4 Å². The van der Waals surface area contributed by atoms with Gasteiger partial charge in [-0.05, 0) is 55.3 Å². The first-order valence-corrected chi connectivity index (χ1v) is 11.8. The molecule has 5 aromatic rings. The lowest BCUT2D eigenvalue weighted by Crippen LogP contribution is -2.44. The minimum atomic E-state index is -0.682. The van der Waals surface area contributed by atoms with Gasteiger partial charge in [0, 0.05) is 37.9 Å². The van der Waals surface area contributed by atoms with Crippen molar-refractivity contribution in [3.05, 3.63) is 124 Å². The van der Waals surface area contributed by atoms with E-state index >= 15 is 0 Å². The van der Waals surface area contributed by atoms with Gasteiger partial charge in [-0.1, -0.05) is 65.7 Å². The van der Waals surface area contributed by atoms with E-state index in [0.29, 0.717) is 0 Å². The number of nitrogens with zero attached hydrogens (tertiary/aromatic N) is 3. The largest absolute Gasteiger partial charge is 0.336 e. The minimum Gasteiger partial charge on any atom is -0.336 e. The highest BCUT2D eigenvalue weighted by Gasteiger charge is 2.38. The van der Waals surface area contributed by atoms with Crippen molar-refractivity contribution in [1.82, 2.24) is 19.4 Å². The van der Waals surface area contributed by atoms with Crippen LogP contribution in [0.15, 0.2) is 90.0 Å². The molecule has 5 rings (SSSR count). The molecule has 0 radical (unpaired) electrons. The van der Waals surface area contributed by atoms with Crippen LogP contribution in [-0.4, -0.2) is 21.2 Å². The van der Waals surface area contributed by atoms with E-state index in [-0.39, 0.29) is 5.56 Å². The Morgan fingerprint density at radius 3 is 2.26 bits per heavy atom. The van der Waals surface area contributed by atoms with Crippen LogP contribution in [0.3, 0.4) is 0 Å². The highest BCUT2D eigenvalue weighted by Crippen LogP contribution is 2.38. The summed E-state index contributed by atoms with van der Waals surface area (Å²) in [6.45, 7) is 4.17. The molecule has 176 valence electrons. The maximum absolute atomic E-state index is 12.9. The van der Waals surface area contributed by atoms with Crippen LogP contribution in [0.25, 0.3) is 22.0 Å². The van der Waals surface area contributed by atoms with Gasteiger partial charge >= 0.3 is 0 Å². The van der Waals surface area contributed by atoms with E-state index in [1.165, 1.54) is 5.56 Å². The fraction of sp³-hybridized carbons (Fsp3) is 0.200. The molecule has 0 fully saturated rings. The highest BCUT2D eigenvalue weighted by atomic mass is 16.1. The first kappa shape index (κ1) is 22.8. The third-order valence-corrected chi connectivity index (χ3v) is 7.02. The summed E-state index contributed by atoms with van der Waals surface area (Å²) >= 11 is 0. The number of fused-ring (bicyclic) bond motifs is 1. The minimum absolute atomic E-state index is 0.0238. The quantitative estimate of drug-likeness (QED) is 0.397. The Labute approximate surface area is 205 Å². The van der Waals surface area contributed by atoms with Crippen LogP contribution < -0.4 is 10.9 Å². The van der Waals surface area contributed by atoms with E-state index in [9.17, 15) is 4.79 Å². The molecule has 0 bridgehead atoms. The zero-order chi connectivity index (χ0) is 24.7. The first-order valence-electron chi connectivity index (χ1n) is 11.8. The Morgan fingerprint density at radius 1 is 0.857 bits per heavy atom. The molecule has 0 saturated carbocycles. The van der Waals surface area contributed by atoms with Crippen LogP contribution in [0.1, 0.15) is 28.1 Å². The second-order valence-corrected chi connectivity index (χ2v) is 9.28. The van der Waals surface area contributed by atoms with Crippen LogP contribution in [0.5, 0.6) is 0 Å². The predicted octanol–water partition coefficient (Wildman–Crippen LogP) is 5.07.